The molecule has 3 N–H and O–H groups in total. The van der Waals surface area contributed by atoms with Crippen LogP contribution >= 0.6 is 0 Å². The number of benzene rings is 1. The second-order valence-electron chi connectivity index (χ2n) is 3.89. The summed E-state index contributed by atoms with van der Waals surface area (Å²) in [5.74, 6) is 5.27. The Balaban J connectivity index is 2.92. The molecule has 82 valence electrons. The summed E-state index contributed by atoms with van der Waals surface area (Å²) in [7, 11) is 0. The zero-order valence-corrected chi connectivity index (χ0v) is 9.18. The third kappa shape index (κ3) is 3.15. The molecule has 0 aliphatic heterocycles. The van der Waals surface area contributed by atoms with Crippen molar-refractivity contribution < 1.29 is 4.39 Å². The van der Waals surface area contributed by atoms with Crippen molar-refractivity contribution in [3.63, 3.8) is 0 Å². The average molecular weight is 208 g/mol. The number of halogens is 1. The van der Waals surface area contributed by atoms with Gasteiger partial charge in [-0.15, -0.1) is 6.58 Å². The van der Waals surface area contributed by atoms with Gasteiger partial charge in [0.15, 0.2) is 0 Å². The van der Waals surface area contributed by atoms with Gasteiger partial charge in [0.2, 0.25) is 0 Å². The van der Waals surface area contributed by atoms with E-state index in [2.05, 4.69) is 12.0 Å². The van der Waals surface area contributed by atoms with Gasteiger partial charge in [-0.2, -0.15) is 0 Å². The van der Waals surface area contributed by atoms with Crippen molar-refractivity contribution in [1.29, 1.82) is 0 Å². The molecule has 0 amide bonds. The first-order chi connectivity index (χ1) is 7.04. The number of hydrogen-bond donors (Lipinski definition) is 2. The minimum absolute atomic E-state index is 0.00167. The van der Waals surface area contributed by atoms with Crippen molar-refractivity contribution in [3.05, 3.63) is 47.3 Å². The van der Waals surface area contributed by atoms with Gasteiger partial charge in [-0.25, -0.2) is 4.39 Å². The molecule has 3 heteroatoms. The normalized spacial score (nSPS) is 12.5. The lowest BCUT2D eigenvalue weighted by Gasteiger charge is -2.16. The average Bonchev–Trinajstić information content (AvgIpc) is 2.18. The van der Waals surface area contributed by atoms with E-state index >= 15 is 0 Å². The summed E-state index contributed by atoms with van der Waals surface area (Å²) in [6, 6.07) is 5.02. The Bertz CT molecular complexity index is 361. The monoisotopic (exact) mass is 208 g/mol. The summed E-state index contributed by atoms with van der Waals surface area (Å²) < 4.78 is 13.1. The predicted octanol–water partition coefficient (Wildman–Crippen LogP) is 2.60. The van der Waals surface area contributed by atoms with Crippen LogP contribution in [0, 0.1) is 12.7 Å². The molecular formula is C12H17FN2. The maximum atomic E-state index is 13.1. The molecule has 0 radical (unpaired) electrons. The van der Waals surface area contributed by atoms with Crippen molar-refractivity contribution in [2.75, 3.05) is 0 Å². The minimum atomic E-state index is -0.190. The van der Waals surface area contributed by atoms with E-state index in [4.69, 9.17) is 5.84 Å². The Labute approximate surface area is 90.0 Å². The van der Waals surface area contributed by atoms with Crippen LogP contribution in [-0.4, -0.2) is 0 Å². The zero-order valence-electron chi connectivity index (χ0n) is 9.18. The molecule has 0 spiro atoms. The van der Waals surface area contributed by atoms with E-state index in [9.17, 15) is 4.39 Å². The highest BCUT2D eigenvalue weighted by molar-refractivity contribution is 5.27. The van der Waals surface area contributed by atoms with Gasteiger partial charge in [0.1, 0.15) is 5.82 Å². The lowest BCUT2D eigenvalue weighted by atomic mass is 9.99. The van der Waals surface area contributed by atoms with E-state index in [0.29, 0.717) is 5.56 Å². The van der Waals surface area contributed by atoms with E-state index in [1.165, 1.54) is 6.07 Å². The molecule has 1 aromatic carbocycles. The Kier molecular flexibility index (Phi) is 4.00. The molecule has 0 bridgehead atoms. The minimum Gasteiger partial charge on any atom is -0.271 e. The van der Waals surface area contributed by atoms with Gasteiger partial charge >= 0.3 is 0 Å². The molecule has 1 aromatic rings. The van der Waals surface area contributed by atoms with Gasteiger partial charge in [-0.05, 0) is 37.5 Å². The molecule has 0 aromatic heterocycles. The number of aryl methyl sites for hydroxylation is 1. The number of hydrogen-bond acceptors (Lipinski definition) is 2. The Morgan fingerprint density at radius 2 is 2.27 bits per heavy atom. The van der Waals surface area contributed by atoms with Gasteiger partial charge in [0.05, 0.1) is 0 Å². The third-order valence-electron chi connectivity index (χ3n) is 2.34. The fourth-order valence-electron chi connectivity index (χ4n) is 1.51. The van der Waals surface area contributed by atoms with Crippen LogP contribution in [0.2, 0.25) is 0 Å². The molecule has 0 saturated carbocycles. The summed E-state index contributed by atoms with van der Waals surface area (Å²) in [4.78, 5) is 0. The summed E-state index contributed by atoms with van der Waals surface area (Å²) in [5.41, 5.74) is 5.37. The van der Waals surface area contributed by atoms with Gasteiger partial charge < -0.3 is 0 Å². The van der Waals surface area contributed by atoms with Crippen molar-refractivity contribution in [2.24, 2.45) is 5.84 Å². The van der Waals surface area contributed by atoms with Crippen LogP contribution in [0.5, 0.6) is 0 Å². The van der Waals surface area contributed by atoms with Crippen LogP contribution in [-0.2, 0) is 0 Å². The van der Waals surface area contributed by atoms with Crippen LogP contribution in [0.15, 0.2) is 30.4 Å². The van der Waals surface area contributed by atoms with Gasteiger partial charge in [0, 0.05) is 6.04 Å². The summed E-state index contributed by atoms with van der Waals surface area (Å²) >= 11 is 0. The lowest BCUT2D eigenvalue weighted by molar-refractivity contribution is 0.546. The fourth-order valence-corrected chi connectivity index (χ4v) is 1.51. The van der Waals surface area contributed by atoms with Crippen molar-refractivity contribution in [2.45, 2.75) is 26.3 Å². The molecule has 0 heterocycles. The van der Waals surface area contributed by atoms with Gasteiger partial charge in [-0.3, -0.25) is 11.3 Å². The van der Waals surface area contributed by atoms with Crippen molar-refractivity contribution in [3.8, 4) is 0 Å². The third-order valence-corrected chi connectivity index (χ3v) is 2.34. The lowest BCUT2D eigenvalue weighted by Crippen LogP contribution is -2.28. The molecule has 0 fully saturated rings. The Hall–Kier alpha value is -1.19. The molecule has 0 saturated heterocycles. The van der Waals surface area contributed by atoms with Crippen molar-refractivity contribution >= 4 is 0 Å². The van der Waals surface area contributed by atoms with Crippen LogP contribution < -0.4 is 11.3 Å². The number of hydrazine groups is 1. The van der Waals surface area contributed by atoms with E-state index in [1.54, 1.807) is 13.0 Å². The predicted molar refractivity (Wildman–Crippen MR) is 60.6 cm³/mol. The van der Waals surface area contributed by atoms with Crippen LogP contribution in [0.4, 0.5) is 4.39 Å². The second-order valence-corrected chi connectivity index (χ2v) is 3.89. The maximum absolute atomic E-state index is 13.1. The maximum Gasteiger partial charge on any atom is 0.126 e. The standard InChI is InChI=1S/C12H17FN2/c1-8(2)6-12(15-14)10-4-5-11(13)9(3)7-10/h4-5,7,12,15H,1,6,14H2,2-3H3. The summed E-state index contributed by atoms with van der Waals surface area (Å²) in [6.07, 6.45) is 0.752. The second kappa shape index (κ2) is 5.05. The molecule has 2 nitrogen and oxygen atoms in total. The quantitative estimate of drug-likeness (QED) is 0.453. The summed E-state index contributed by atoms with van der Waals surface area (Å²) in [6.45, 7) is 7.53. The highest BCUT2D eigenvalue weighted by atomic mass is 19.1. The largest absolute Gasteiger partial charge is 0.271 e. The zero-order chi connectivity index (χ0) is 11.4. The smallest absolute Gasteiger partial charge is 0.126 e. The van der Waals surface area contributed by atoms with E-state index in [-0.39, 0.29) is 11.9 Å². The molecule has 1 unspecified atom stereocenters. The Morgan fingerprint density at radius 1 is 1.60 bits per heavy atom. The van der Waals surface area contributed by atoms with Crippen LogP contribution in [0.3, 0.4) is 0 Å². The van der Waals surface area contributed by atoms with E-state index in [1.807, 2.05) is 13.0 Å². The molecule has 0 aliphatic carbocycles. The summed E-state index contributed by atoms with van der Waals surface area (Å²) in [5, 5.41) is 0. The molecule has 1 rings (SSSR count). The number of nitrogens with two attached hydrogens (primary N) is 1. The first kappa shape index (κ1) is 11.9. The fraction of sp³-hybridized carbons (Fsp3) is 0.333. The first-order valence-electron chi connectivity index (χ1n) is 4.91. The van der Waals surface area contributed by atoms with E-state index < -0.39 is 0 Å². The highest BCUT2D eigenvalue weighted by Gasteiger charge is 2.10. The molecule has 1 atom stereocenters. The van der Waals surface area contributed by atoms with Crippen LogP contribution in [0.25, 0.3) is 0 Å². The van der Waals surface area contributed by atoms with E-state index in [0.717, 1.165) is 17.6 Å². The Morgan fingerprint density at radius 3 is 2.73 bits per heavy atom. The number of nitrogens with one attached hydrogen (secondary N) is 1. The molecule has 15 heavy (non-hydrogen) atoms. The SMILES string of the molecule is C=C(C)CC(NN)c1ccc(F)c(C)c1. The van der Waals surface area contributed by atoms with Crippen LogP contribution in [0.1, 0.15) is 30.5 Å². The van der Waals surface area contributed by atoms with Gasteiger partial charge in [0.25, 0.3) is 0 Å². The first-order valence-corrected chi connectivity index (χ1v) is 4.91. The number of rotatable bonds is 4. The molecular weight excluding hydrogens is 191 g/mol. The molecule has 0 aliphatic rings. The topological polar surface area (TPSA) is 38.0 Å². The van der Waals surface area contributed by atoms with Gasteiger partial charge in [-0.1, -0.05) is 17.7 Å². The highest BCUT2D eigenvalue weighted by Crippen LogP contribution is 2.21. The van der Waals surface area contributed by atoms with Crippen molar-refractivity contribution in [1.82, 2.24) is 5.43 Å².